The summed E-state index contributed by atoms with van der Waals surface area (Å²) in [6, 6.07) is 11.1. The molecule has 0 aliphatic heterocycles. The quantitative estimate of drug-likeness (QED) is 0.804. The van der Waals surface area contributed by atoms with Crippen molar-refractivity contribution in [2.45, 2.75) is 6.54 Å². The summed E-state index contributed by atoms with van der Waals surface area (Å²) in [5.74, 6) is -0.330. The van der Waals surface area contributed by atoms with Gasteiger partial charge in [0.2, 0.25) is 0 Å². The van der Waals surface area contributed by atoms with Crippen molar-refractivity contribution in [1.29, 1.82) is 0 Å². The lowest BCUT2D eigenvalue weighted by Gasteiger charge is -2.08. The third-order valence-electron chi connectivity index (χ3n) is 2.67. The first-order chi connectivity index (χ1) is 9.65. The molecule has 0 saturated heterocycles. The highest BCUT2D eigenvalue weighted by atomic mass is 79.9. The lowest BCUT2D eigenvalue weighted by atomic mass is 10.2. The minimum Gasteiger partial charge on any atom is -0.492 e. The number of rotatable bonds is 6. The monoisotopic (exact) mass is 341 g/mol. The first-order valence-corrected chi connectivity index (χ1v) is 6.97. The summed E-state index contributed by atoms with van der Waals surface area (Å²) in [7, 11) is 0. The van der Waals surface area contributed by atoms with Crippen LogP contribution in [0.1, 0.15) is 5.56 Å². The molecule has 2 aromatic rings. The molecule has 106 valence electrons. The van der Waals surface area contributed by atoms with Gasteiger partial charge in [0, 0.05) is 29.2 Å². The average Bonchev–Trinajstić information content (AvgIpc) is 2.41. The maximum absolute atomic E-state index is 13.4. The van der Waals surface area contributed by atoms with Gasteiger partial charge < -0.3 is 10.1 Å². The summed E-state index contributed by atoms with van der Waals surface area (Å²) in [5, 5.41) is 3.05. The molecule has 1 N–H and O–H groups in total. The van der Waals surface area contributed by atoms with E-state index in [1.807, 2.05) is 24.3 Å². The van der Waals surface area contributed by atoms with E-state index in [1.165, 1.54) is 12.1 Å². The molecule has 2 rings (SSSR count). The van der Waals surface area contributed by atoms with E-state index in [0.717, 1.165) is 16.3 Å². The van der Waals surface area contributed by atoms with Gasteiger partial charge >= 0.3 is 0 Å². The van der Waals surface area contributed by atoms with Crippen molar-refractivity contribution in [1.82, 2.24) is 5.32 Å². The van der Waals surface area contributed by atoms with Crippen molar-refractivity contribution in [2.24, 2.45) is 0 Å². The molecule has 0 atom stereocenters. The molecule has 0 amide bonds. The Morgan fingerprint density at radius 2 is 1.95 bits per heavy atom. The van der Waals surface area contributed by atoms with Crippen LogP contribution in [-0.4, -0.2) is 13.2 Å². The standard InChI is InChI=1S/C15H14BrF2NO/c16-12-2-1-3-14(8-12)20-7-6-19-10-11-4-5-13(17)9-15(11)18/h1-5,8-9,19H,6-7,10H2. The Morgan fingerprint density at radius 3 is 2.70 bits per heavy atom. The van der Waals surface area contributed by atoms with Crippen molar-refractivity contribution >= 4 is 15.9 Å². The zero-order valence-electron chi connectivity index (χ0n) is 10.7. The van der Waals surface area contributed by atoms with Crippen LogP contribution in [0.4, 0.5) is 8.78 Å². The Morgan fingerprint density at radius 1 is 1.10 bits per heavy atom. The Balaban J connectivity index is 1.71. The lowest BCUT2D eigenvalue weighted by molar-refractivity contribution is 0.313. The van der Waals surface area contributed by atoms with E-state index < -0.39 is 11.6 Å². The molecule has 0 unspecified atom stereocenters. The van der Waals surface area contributed by atoms with Gasteiger partial charge in [0.15, 0.2) is 0 Å². The predicted molar refractivity (Wildman–Crippen MR) is 77.7 cm³/mol. The largest absolute Gasteiger partial charge is 0.492 e. The fraction of sp³-hybridized carbons (Fsp3) is 0.200. The molecule has 0 saturated carbocycles. The van der Waals surface area contributed by atoms with E-state index in [9.17, 15) is 8.78 Å². The first-order valence-electron chi connectivity index (χ1n) is 6.18. The normalized spacial score (nSPS) is 10.6. The Hall–Kier alpha value is -1.46. The molecule has 0 aromatic heterocycles. The maximum atomic E-state index is 13.4. The van der Waals surface area contributed by atoms with Crippen LogP contribution in [0.3, 0.4) is 0 Å². The van der Waals surface area contributed by atoms with E-state index in [0.29, 0.717) is 25.3 Å². The molecule has 2 aromatic carbocycles. The highest BCUT2D eigenvalue weighted by Gasteiger charge is 2.03. The van der Waals surface area contributed by atoms with Crippen LogP contribution in [0.15, 0.2) is 46.9 Å². The molecule has 0 fully saturated rings. The van der Waals surface area contributed by atoms with Gasteiger partial charge in [-0.05, 0) is 24.3 Å². The molecule has 0 bridgehead atoms. The van der Waals surface area contributed by atoms with Gasteiger partial charge in [0.05, 0.1) is 0 Å². The minimum absolute atomic E-state index is 0.341. The van der Waals surface area contributed by atoms with Gasteiger partial charge in [-0.15, -0.1) is 0 Å². The molecule has 2 nitrogen and oxygen atoms in total. The van der Waals surface area contributed by atoms with Gasteiger partial charge in [-0.2, -0.15) is 0 Å². The first kappa shape index (κ1) is 14.9. The molecule has 5 heteroatoms. The molecular formula is C15H14BrF2NO. The second-order valence-corrected chi connectivity index (χ2v) is 5.13. The Bertz CT molecular complexity index is 578. The van der Waals surface area contributed by atoms with Crippen molar-refractivity contribution < 1.29 is 13.5 Å². The van der Waals surface area contributed by atoms with Crippen molar-refractivity contribution in [3.8, 4) is 5.75 Å². The third kappa shape index (κ3) is 4.58. The fourth-order valence-electron chi connectivity index (χ4n) is 1.69. The predicted octanol–water partition coefficient (Wildman–Crippen LogP) is 3.90. The van der Waals surface area contributed by atoms with Crippen LogP contribution >= 0.6 is 15.9 Å². The third-order valence-corrected chi connectivity index (χ3v) is 3.17. The number of hydrogen-bond donors (Lipinski definition) is 1. The van der Waals surface area contributed by atoms with Crippen molar-refractivity contribution in [3.05, 3.63) is 64.1 Å². The van der Waals surface area contributed by atoms with E-state index in [1.54, 1.807) is 0 Å². The second-order valence-electron chi connectivity index (χ2n) is 4.22. The lowest BCUT2D eigenvalue weighted by Crippen LogP contribution is -2.21. The van der Waals surface area contributed by atoms with Gasteiger partial charge in [-0.1, -0.05) is 28.1 Å². The zero-order valence-corrected chi connectivity index (χ0v) is 12.3. The second kappa shape index (κ2) is 7.36. The van der Waals surface area contributed by atoms with Crippen LogP contribution in [0, 0.1) is 11.6 Å². The maximum Gasteiger partial charge on any atom is 0.130 e. The zero-order chi connectivity index (χ0) is 14.4. The minimum atomic E-state index is -0.566. The number of benzene rings is 2. The molecule has 0 heterocycles. The van der Waals surface area contributed by atoms with E-state index >= 15 is 0 Å². The SMILES string of the molecule is Fc1ccc(CNCCOc2cccc(Br)c2)c(F)c1. The number of hydrogen-bond acceptors (Lipinski definition) is 2. The highest BCUT2D eigenvalue weighted by molar-refractivity contribution is 9.10. The van der Waals surface area contributed by atoms with Crippen LogP contribution in [0.2, 0.25) is 0 Å². The van der Waals surface area contributed by atoms with Gasteiger partial charge in [-0.25, -0.2) is 8.78 Å². The summed E-state index contributed by atoms with van der Waals surface area (Å²) in [6.07, 6.45) is 0. The molecule has 0 aliphatic rings. The van der Waals surface area contributed by atoms with Crippen LogP contribution in [-0.2, 0) is 6.54 Å². The topological polar surface area (TPSA) is 21.3 Å². The molecule has 0 aliphatic carbocycles. The molecular weight excluding hydrogens is 328 g/mol. The van der Waals surface area contributed by atoms with E-state index in [2.05, 4.69) is 21.2 Å². The van der Waals surface area contributed by atoms with Gasteiger partial charge in [0.1, 0.15) is 24.0 Å². The molecule has 0 spiro atoms. The van der Waals surface area contributed by atoms with Crippen LogP contribution in [0.25, 0.3) is 0 Å². The molecule has 20 heavy (non-hydrogen) atoms. The van der Waals surface area contributed by atoms with Gasteiger partial charge in [0.25, 0.3) is 0 Å². The van der Waals surface area contributed by atoms with E-state index in [4.69, 9.17) is 4.74 Å². The Kier molecular flexibility index (Phi) is 5.49. The highest BCUT2D eigenvalue weighted by Crippen LogP contribution is 2.17. The summed E-state index contributed by atoms with van der Waals surface area (Å²) < 4.78 is 32.6. The fourth-order valence-corrected chi connectivity index (χ4v) is 2.06. The summed E-state index contributed by atoms with van der Waals surface area (Å²) in [4.78, 5) is 0. The van der Waals surface area contributed by atoms with Gasteiger partial charge in [-0.3, -0.25) is 0 Å². The van der Waals surface area contributed by atoms with E-state index in [-0.39, 0.29) is 0 Å². The summed E-state index contributed by atoms with van der Waals surface area (Å²) in [6.45, 7) is 1.39. The van der Waals surface area contributed by atoms with Crippen molar-refractivity contribution in [2.75, 3.05) is 13.2 Å². The summed E-state index contributed by atoms with van der Waals surface area (Å²) in [5.41, 5.74) is 0.439. The van der Waals surface area contributed by atoms with Crippen molar-refractivity contribution in [3.63, 3.8) is 0 Å². The van der Waals surface area contributed by atoms with Crippen LogP contribution in [0.5, 0.6) is 5.75 Å². The smallest absolute Gasteiger partial charge is 0.130 e. The number of ether oxygens (including phenoxy) is 1. The molecule has 0 radical (unpaired) electrons. The number of halogens is 3. The summed E-state index contributed by atoms with van der Waals surface area (Å²) >= 11 is 3.36. The van der Waals surface area contributed by atoms with Crippen LogP contribution < -0.4 is 10.1 Å². The Labute approximate surface area is 124 Å². The average molecular weight is 342 g/mol. The number of nitrogens with one attached hydrogen (secondary N) is 1.